The number of nitriles is 1. The maximum Gasteiger partial charge on any atom is 0.416 e. The van der Waals surface area contributed by atoms with Crippen molar-refractivity contribution in [2.45, 2.75) is 12.6 Å². The molecular weight excluding hydrogens is 449 g/mol. The number of fused-ring (bicyclic) bond motifs is 1. The van der Waals surface area contributed by atoms with Crippen molar-refractivity contribution in [2.75, 3.05) is 5.32 Å². The van der Waals surface area contributed by atoms with Crippen LogP contribution in [0.15, 0.2) is 46.0 Å². The van der Waals surface area contributed by atoms with Gasteiger partial charge < -0.3 is 10.3 Å². The number of hydrogen-bond acceptors (Lipinski definition) is 6. The number of aromatic nitrogens is 2. The molecule has 0 saturated heterocycles. The number of anilines is 1. The van der Waals surface area contributed by atoms with Crippen LogP contribution in [0.25, 0.3) is 21.5 Å². The van der Waals surface area contributed by atoms with Gasteiger partial charge in [-0.15, -0.1) is 22.7 Å². The Labute approximate surface area is 180 Å². The van der Waals surface area contributed by atoms with Crippen LogP contribution < -0.4 is 10.9 Å². The summed E-state index contributed by atoms with van der Waals surface area (Å²) in [6.07, 6.45) is -3.29. The second-order valence-electron chi connectivity index (χ2n) is 6.45. The Morgan fingerprint density at radius 3 is 2.74 bits per heavy atom. The van der Waals surface area contributed by atoms with Crippen LogP contribution in [0.4, 0.5) is 18.2 Å². The second kappa shape index (κ2) is 7.98. The summed E-state index contributed by atoms with van der Waals surface area (Å²) in [6, 6.07) is 6.32. The van der Waals surface area contributed by atoms with Gasteiger partial charge in [0.05, 0.1) is 23.1 Å². The minimum Gasteiger partial charge on any atom is -0.322 e. The fourth-order valence-corrected chi connectivity index (χ4v) is 4.67. The third kappa shape index (κ3) is 4.21. The SMILES string of the molecule is N#Cc1csc(NC(=O)Cc2cc3cc(C(F)(F)F)ccc3[nH]c2=O)c1-c1nccs1. The van der Waals surface area contributed by atoms with Crippen molar-refractivity contribution in [3.63, 3.8) is 0 Å². The average molecular weight is 460 g/mol. The number of amides is 1. The van der Waals surface area contributed by atoms with Crippen molar-refractivity contribution in [1.82, 2.24) is 9.97 Å². The smallest absolute Gasteiger partial charge is 0.322 e. The zero-order valence-corrected chi connectivity index (χ0v) is 17.0. The van der Waals surface area contributed by atoms with Crippen molar-refractivity contribution in [3.8, 4) is 16.6 Å². The summed E-state index contributed by atoms with van der Waals surface area (Å²) >= 11 is 2.46. The number of rotatable bonds is 4. The molecule has 0 atom stereocenters. The fourth-order valence-electron chi connectivity index (χ4n) is 2.99. The number of H-pyrrole nitrogens is 1. The number of nitrogens with zero attached hydrogens (tertiary/aromatic N) is 2. The zero-order chi connectivity index (χ0) is 22.2. The molecule has 1 amide bonds. The zero-order valence-electron chi connectivity index (χ0n) is 15.4. The predicted octanol–water partition coefficient (Wildman–Crippen LogP) is 4.78. The first kappa shape index (κ1) is 20.8. The molecule has 0 fully saturated rings. The van der Waals surface area contributed by atoms with E-state index in [-0.39, 0.29) is 22.9 Å². The molecule has 0 aliphatic carbocycles. The first-order valence-electron chi connectivity index (χ1n) is 8.70. The molecule has 31 heavy (non-hydrogen) atoms. The van der Waals surface area contributed by atoms with Crippen LogP contribution in [0, 0.1) is 11.3 Å². The van der Waals surface area contributed by atoms with Gasteiger partial charge in [-0.3, -0.25) is 9.59 Å². The Kier molecular flexibility index (Phi) is 5.34. The van der Waals surface area contributed by atoms with Gasteiger partial charge in [-0.1, -0.05) is 0 Å². The number of pyridine rings is 1. The first-order chi connectivity index (χ1) is 14.8. The largest absolute Gasteiger partial charge is 0.416 e. The van der Waals surface area contributed by atoms with E-state index in [0.717, 1.165) is 23.5 Å². The van der Waals surface area contributed by atoms with E-state index in [4.69, 9.17) is 0 Å². The minimum atomic E-state index is -4.52. The summed E-state index contributed by atoms with van der Waals surface area (Å²) in [6.45, 7) is 0. The number of halogens is 3. The number of thiazole rings is 1. The summed E-state index contributed by atoms with van der Waals surface area (Å²) in [5, 5.41) is 16.5. The molecule has 3 aromatic heterocycles. The first-order valence-corrected chi connectivity index (χ1v) is 10.5. The highest BCUT2D eigenvalue weighted by molar-refractivity contribution is 7.17. The number of aromatic amines is 1. The molecule has 6 nitrogen and oxygen atoms in total. The van der Waals surface area contributed by atoms with Gasteiger partial charge in [0.1, 0.15) is 16.1 Å². The maximum atomic E-state index is 13.0. The highest BCUT2D eigenvalue weighted by Gasteiger charge is 2.30. The Hall–Kier alpha value is -3.49. The van der Waals surface area contributed by atoms with Crippen molar-refractivity contribution < 1.29 is 18.0 Å². The lowest BCUT2D eigenvalue weighted by Crippen LogP contribution is -2.21. The standard InChI is InChI=1S/C20H11F3N4O2S2/c21-20(22,23)13-1-2-14-10(6-13)5-11(17(29)26-14)7-15(28)27-19-16(12(8-24)9-31-19)18-25-3-4-30-18/h1-6,9H,7H2,(H,26,29)(H,27,28). The van der Waals surface area contributed by atoms with Gasteiger partial charge in [-0.25, -0.2) is 4.98 Å². The molecule has 0 bridgehead atoms. The van der Waals surface area contributed by atoms with Gasteiger partial charge in [0.15, 0.2) is 0 Å². The topological polar surface area (TPSA) is 98.6 Å². The average Bonchev–Trinajstić information content (AvgIpc) is 3.36. The van der Waals surface area contributed by atoms with Crippen molar-refractivity contribution in [1.29, 1.82) is 5.26 Å². The molecule has 3 heterocycles. The number of thiophene rings is 1. The van der Waals surface area contributed by atoms with Crippen LogP contribution in [0.1, 0.15) is 16.7 Å². The Morgan fingerprint density at radius 1 is 1.26 bits per heavy atom. The molecule has 0 aliphatic rings. The van der Waals surface area contributed by atoms with Crippen LogP contribution in [0.5, 0.6) is 0 Å². The van der Waals surface area contributed by atoms with Crippen molar-refractivity contribution >= 4 is 44.5 Å². The molecule has 156 valence electrons. The maximum absolute atomic E-state index is 13.0. The summed E-state index contributed by atoms with van der Waals surface area (Å²) in [5.41, 5.74) is -0.288. The highest BCUT2D eigenvalue weighted by atomic mass is 32.1. The van der Waals surface area contributed by atoms with Gasteiger partial charge >= 0.3 is 6.18 Å². The molecule has 0 unspecified atom stereocenters. The molecule has 0 saturated carbocycles. The number of hydrogen-bond donors (Lipinski definition) is 2. The second-order valence-corrected chi connectivity index (χ2v) is 8.23. The monoisotopic (exact) mass is 460 g/mol. The summed E-state index contributed by atoms with van der Waals surface area (Å²) in [7, 11) is 0. The van der Waals surface area contributed by atoms with Crippen LogP contribution in [0.2, 0.25) is 0 Å². The number of carbonyl (C=O) groups excluding carboxylic acids is 1. The summed E-state index contributed by atoms with van der Waals surface area (Å²) in [5.74, 6) is -0.541. The molecule has 0 aliphatic heterocycles. The molecule has 4 aromatic rings. The van der Waals surface area contributed by atoms with E-state index in [2.05, 4.69) is 21.4 Å². The predicted molar refractivity (Wildman–Crippen MR) is 112 cm³/mol. The van der Waals surface area contributed by atoms with E-state index in [1.165, 1.54) is 23.5 Å². The molecule has 4 rings (SSSR count). The number of alkyl halides is 3. The van der Waals surface area contributed by atoms with Crippen LogP contribution in [-0.4, -0.2) is 15.9 Å². The lowest BCUT2D eigenvalue weighted by Gasteiger charge is -2.09. The van der Waals surface area contributed by atoms with E-state index < -0.39 is 23.2 Å². The van der Waals surface area contributed by atoms with Crippen molar-refractivity contribution in [2.24, 2.45) is 0 Å². The van der Waals surface area contributed by atoms with E-state index in [1.54, 1.807) is 17.0 Å². The fraction of sp³-hybridized carbons (Fsp3) is 0.100. The van der Waals surface area contributed by atoms with Gasteiger partial charge in [-0.05, 0) is 29.7 Å². The van der Waals surface area contributed by atoms with Crippen molar-refractivity contribution in [3.05, 3.63) is 68.3 Å². The van der Waals surface area contributed by atoms with Gasteiger partial charge in [0.25, 0.3) is 5.56 Å². The lowest BCUT2D eigenvalue weighted by atomic mass is 10.1. The van der Waals surface area contributed by atoms with E-state index in [9.17, 15) is 28.0 Å². The lowest BCUT2D eigenvalue weighted by molar-refractivity contribution is -0.137. The number of nitrogens with one attached hydrogen (secondary N) is 2. The summed E-state index contributed by atoms with van der Waals surface area (Å²) in [4.78, 5) is 31.6. The van der Waals surface area contributed by atoms with Gasteiger partial charge in [0, 0.05) is 28.0 Å². The highest BCUT2D eigenvalue weighted by Crippen LogP contribution is 2.38. The van der Waals surface area contributed by atoms with Crippen LogP contribution in [0.3, 0.4) is 0 Å². The third-order valence-electron chi connectivity index (χ3n) is 4.41. The van der Waals surface area contributed by atoms with Gasteiger partial charge in [-0.2, -0.15) is 18.4 Å². The number of benzene rings is 1. The van der Waals surface area contributed by atoms with E-state index in [1.807, 2.05) is 0 Å². The minimum absolute atomic E-state index is 0.0252. The third-order valence-corrected chi connectivity index (χ3v) is 6.10. The normalized spacial score (nSPS) is 11.4. The molecule has 0 radical (unpaired) electrons. The van der Waals surface area contributed by atoms with Crippen LogP contribution >= 0.6 is 22.7 Å². The van der Waals surface area contributed by atoms with E-state index >= 15 is 0 Å². The molecule has 2 N–H and O–H groups in total. The summed E-state index contributed by atoms with van der Waals surface area (Å²) < 4.78 is 38.9. The molecular formula is C20H11F3N4O2S2. The molecule has 11 heteroatoms. The Bertz CT molecular complexity index is 1380. The van der Waals surface area contributed by atoms with E-state index in [0.29, 0.717) is 21.1 Å². The Morgan fingerprint density at radius 2 is 2.06 bits per heavy atom. The molecule has 1 aromatic carbocycles. The number of carbonyl (C=O) groups is 1. The van der Waals surface area contributed by atoms with Crippen LogP contribution in [-0.2, 0) is 17.4 Å². The molecule has 0 spiro atoms. The quantitative estimate of drug-likeness (QED) is 0.458. The Balaban J connectivity index is 1.62. The van der Waals surface area contributed by atoms with Gasteiger partial charge in [0.2, 0.25) is 5.91 Å².